The first kappa shape index (κ1) is 16.2. The molecule has 0 saturated heterocycles. The number of benzene rings is 3. The summed E-state index contributed by atoms with van der Waals surface area (Å²) in [6.07, 6.45) is 1.78. The van der Waals surface area contributed by atoms with Crippen LogP contribution in [0.1, 0.15) is 11.1 Å². The van der Waals surface area contributed by atoms with Crippen LogP contribution >= 0.6 is 11.7 Å². The monoisotopic (exact) mass is 360 g/mol. The second kappa shape index (κ2) is 7.76. The lowest BCUT2D eigenvalue weighted by Crippen LogP contribution is -1.96. The highest BCUT2D eigenvalue weighted by atomic mass is 32.1. The van der Waals surface area contributed by atoms with Crippen LogP contribution in [0.3, 0.4) is 0 Å². The average molecular weight is 360 g/mol. The Bertz CT molecular complexity index is 1010. The van der Waals surface area contributed by atoms with Crippen molar-refractivity contribution in [2.24, 2.45) is 5.10 Å². The molecule has 0 amide bonds. The number of hydrazone groups is 1. The fourth-order valence-corrected chi connectivity index (χ4v) is 2.95. The van der Waals surface area contributed by atoms with Gasteiger partial charge in [-0.15, -0.1) is 0 Å². The Kier molecular flexibility index (Phi) is 4.84. The molecule has 128 valence electrons. The average Bonchev–Trinajstić information content (AvgIpc) is 3.16. The molecule has 1 aromatic heterocycles. The zero-order valence-electron chi connectivity index (χ0n) is 13.9. The van der Waals surface area contributed by atoms with Crippen molar-refractivity contribution in [3.05, 3.63) is 83.9 Å². The Morgan fingerprint density at radius 3 is 2.58 bits per heavy atom. The van der Waals surface area contributed by atoms with Crippen LogP contribution in [0.4, 0.5) is 5.69 Å². The van der Waals surface area contributed by atoms with Gasteiger partial charge >= 0.3 is 0 Å². The van der Waals surface area contributed by atoms with Gasteiger partial charge in [-0.2, -0.15) is 13.8 Å². The number of fused-ring (bicyclic) bond motifs is 1. The molecule has 1 heterocycles. The number of nitrogens with one attached hydrogen (secondary N) is 1. The number of hydrogen-bond acceptors (Lipinski definition) is 6. The summed E-state index contributed by atoms with van der Waals surface area (Å²) in [6, 6.07) is 23.6. The van der Waals surface area contributed by atoms with Crippen molar-refractivity contribution < 1.29 is 4.74 Å². The summed E-state index contributed by atoms with van der Waals surface area (Å²) in [5.74, 6) is 0.815. The van der Waals surface area contributed by atoms with Gasteiger partial charge in [0.1, 0.15) is 23.4 Å². The molecule has 0 aliphatic heterocycles. The van der Waals surface area contributed by atoms with Gasteiger partial charge < -0.3 is 4.74 Å². The first-order valence-corrected chi connectivity index (χ1v) is 8.88. The van der Waals surface area contributed by atoms with E-state index in [0.717, 1.165) is 33.6 Å². The summed E-state index contributed by atoms with van der Waals surface area (Å²) in [6.45, 7) is 0.496. The van der Waals surface area contributed by atoms with E-state index in [-0.39, 0.29) is 0 Å². The predicted octanol–water partition coefficient (Wildman–Crippen LogP) is 4.72. The third-order valence-electron chi connectivity index (χ3n) is 3.78. The Morgan fingerprint density at radius 1 is 0.923 bits per heavy atom. The van der Waals surface area contributed by atoms with Crippen LogP contribution in [0.2, 0.25) is 0 Å². The van der Waals surface area contributed by atoms with Crippen molar-refractivity contribution in [2.45, 2.75) is 6.61 Å². The standard InChI is InChI=1S/C20H16N4OS/c1-2-4-17(5-3-1)22-21-13-15-6-9-18(10-7-15)25-14-16-8-11-19-20(12-16)24-26-23-19/h1-13,22H,14H2. The Balaban J connectivity index is 1.33. The Morgan fingerprint density at radius 2 is 1.73 bits per heavy atom. The molecule has 5 nitrogen and oxygen atoms in total. The van der Waals surface area contributed by atoms with E-state index in [1.807, 2.05) is 72.8 Å². The van der Waals surface area contributed by atoms with Crippen LogP contribution in [-0.2, 0) is 6.61 Å². The zero-order chi connectivity index (χ0) is 17.6. The summed E-state index contributed by atoms with van der Waals surface area (Å²) in [5, 5.41) is 4.23. The number of rotatable bonds is 6. The Labute approximate surface area is 155 Å². The summed E-state index contributed by atoms with van der Waals surface area (Å²) in [4.78, 5) is 0. The fourth-order valence-electron chi connectivity index (χ4n) is 2.43. The largest absolute Gasteiger partial charge is 0.489 e. The van der Waals surface area contributed by atoms with Crippen molar-refractivity contribution in [2.75, 3.05) is 5.43 Å². The van der Waals surface area contributed by atoms with Gasteiger partial charge in [0.15, 0.2) is 0 Å². The molecular formula is C20H16N4OS. The van der Waals surface area contributed by atoms with Crippen LogP contribution < -0.4 is 10.2 Å². The van der Waals surface area contributed by atoms with Crippen molar-refractivity contribution in [3.8, 4) is 5.75 Å². The Hall–Kier alpha value is -3.25. The lowest BCUT2D eigenvalue weighted by atomic mass is 10.2. The predicted molar refractivity (Wildman–Crippen MR) is 106 cm³/mol. The summed E-state index contributed by atoms with van der Waals surface area (Å²) in [5.41, 5.74) is 7.85. The molecule has 26 heavy (non-hydrogen) atoms. The van der Waals surface area contributed by atoms with E-state index in [0.29, 0.717) is 6.61 Å². The van der Waals surface area contributed by atoms with E-state index in [2.05, 4.69) is 19.3 Å². The smallest absolute Gasteiger partial charge is 0.119 e. The minimum Gasteiger partial charge on any atom is -0.489 e. The highest BCUT2D eigenvalue weighted by molar-refractivity contribution is 7.00. The van der Waals surface area contributed by atoms with Gasteiger partial charge in [0.2, 0.25) is 0 Å². The first-order valence-electron chi connectivity index (χ1n) is 8.15. The fraction of sp³-hybridized carbons (Fsp3) is 0.0500. The molecule has 0 bridgehead atoms. The third kappa shape index (κ3) is 4.04. The number of hydrogen-bond donors (Lipinski definition) is 1. The van der Waals surface area contributed by atoms with E-state index in [1.165, 1.54) is 11.7 Å². The molecule has 0 unspecified atom stereocenters. The number of aromatic nitrogens is 2. The van der Waals surface area contributed by atoms with Crippen molar-refractivity contribution in [1.29, 1.82) is 0 Å². The normalized spacial score (nSPS) is 11.1. The number of para-hydroxylation sites is 1. The lowest BCUT2D eigenvalue weighted by molar-refractivity contribution is 0.306. The highest BCUT2D eigenvalue weighted by Gasteiger charge is 2.01. The van der Waals surface area contributed by atoms with E-state index in [1.54, 1.807) is 6.21 Å². The molecule has 0 aliphatic carbocycles. The van der Waals surface area contributed by atoms with Gasteiger partial charge in [-0.1, -0.05) is 24.3 Å². The van der Waals surface area contributed by atoms with Gasteiger partial charge in [-0.3, -0.25) is 5.43 Å². The zero-order valence-corrected chi connectivity index (χ0v) is 14.7. The van der Waals surface area contributed by atoms with Gasteiger partial charge in [0.05, 0.1) is 23.6 Å². The molecule has 4 aromatic rings. The van der Waals surface area contributed by atoms with Crippen LogP contribution in [0.15, 0.2) is 77.9 Å². The molecule has 0 saturated carbocycles. The molecule has 3 aromatic carbocycles. The maximum absolute atomic E-state index is 5.84. The minimum atomic E-state index is 0.496. The van der Waals surface area contributed by atoms with Crippen molar-refractivity contribution >= 4 is 34.7 Å². The quantitative estimate of drug-likeness (QED) is 0.399. The second-order valence-corrected chi connectivity index (χ2v) is 6.21. The van der Waals surface area contributed by atoms with Gasteiger partial charge in [-0.05, 0) is 59.7 Å². The molecule has 0 radical (unpaired) electrons. The van der Waals surface area contributed by atoms with Gasteiger partial charge in [-0.25, -0.2) is 0 Å². The first-order chi connectivity index (χ1) is 12.9. The SMILES string of the molecule is C(=NNc1ccccc1)c1ccc(OCc2ccc3nsnc3c2)cc1. The second-order valence-electron chi connectivity index (χ2n) is 5.68. The molecular weight excluding hydrogens is 344 g/mol. The van der Waals surface area contributed by atoms with Crippen LogP contribution in [-0.4, -0.2) is 15.0 Å². The topological polar surface area (TPSA) is 59.4 Å². The third-order valence-corrected chi connectivity index (χ3v) is 4.34. The number of anilines is 1. The lowest BCUT2D eigenvalue weighted by Gasteiger charge is -2.06. The molecule has 6 heteroatoms. The summed E-state index contributed by atoms with van der Waals surface area (Å²) in [7, 11) is 0. The number of ether oxygens (including phenoxy) is 1. The summed E-state index contributed by atoms with van der Waals surface area (Å²) >= 11 is 1.22. The molecule has 4 rings (SSSR count). The van der Waals surface area contributed by atoms with Crippen molar-refractivity contribution in [1.82, 2.24) is 8.75 Å². The highest BCUT2D eigenvalue weighted by Crippen LogP contribution is 2.17. The van der Waals surface area contributed by atoms with Gasteiger partial charge in [0.25, 0.3) is 0 Å². The van der Waals surface area contributed by atoms with Crippen molar-refractivity contribution in [3.63, 3.8) is 0 Å². The minimum absolute atomic E-state index is 0.496. The van der Waals surface area contributed by atoms with Gasteiger partial charge in [0, 0.05) is 0 Å². The molecule has 0 aliphatic rings. The van der Waals surface area contributed by atoms with E-state index >= 15 is 0 Å². The molecule has 0 spiro atoms. The van der Waals surface area contributed by atoms with Crippen LogP contribution in [0.25, 0.3) is 11.0 Å². The van der Waals surface area contributed by atoms with Crippen LogP contribution in [0, 0.1) is 0 Å². The molecule has 0 fully saturated rings. The summed E-state index contributed by atoms with van der Waals surface area (Å²) < 4.78 is 14.3. The number of nitrogens with zero attached hydrogens (tertiary/aromatic N) is 3. The van der Waals surface area contributed by atoms with E-state index < -0.39 is 0 Å². The molecule has 0 atom stereocenters. The molecule has 1 N–H and O–H groups in total. The van der Waals surface area contributed by atoms with E-state index in [4.69, 9.17) is 4.74 Å². The van der Waals surface area contributed by atoms with Crippen LogP contribution in [0.5, 0.6) is 5.75 Å². The van der Waals surface area contributed by atoms with E-state index in [9.17, 15) is 0 Å². The maximum atomic E-state index is 5.84. The maximum Gasteiger partial charge on any atom is 0.119 e.